The van der Waals surface area contributed by atoms with Crippen LogP contribution in [0.25, 0.3) is 0 Å². The number of aryl methyl sites for hydroxylation is 1. The molecule has 17 heavy (non-hydrogen) atoms. The van der Waals surface area contributed by atoms with Crippen molar-refractivity contribution in [2.75, 3.05) is 5.32 Å². The van der Waals surface area contributed by atoms with Crippen LogP contribution in [0.5, 0.6) is 0 Å². The molecule has 1 saturated carbocycles. The summed E-state index contributed by atoms with van der Waals surface area (Å²) in [6.45, 7) is 6.00. The van der Waals surface area contributed by atoms with Crippen LogP contribution in [-0.2, 0) is 11.8 Å². The van der Waals surface area contributed by atoms with Crippen molar-refractivity contribution in [2.45, 2.75) is 27.2 Å². The van der Waals surface area contributed by atoms with Crippen molar-refractivity contribution in [3.8, 4) is 0 Å². The Morgan fingerprint density at radius 2 is 2.06 bits per heavy atom. The van der Waals surface area contributed by atoms with Crippen LogP contribution in [0.4, 0.5) is 5.69 Å². The van der Waals surface area contributed by atoms with Crippen LogP contribution < -0.4 is 10.9 Å². The monoisotopic (exact) mass is 234 g/mol. The molecule has 92 valence electrons. The first kappa shape index (κ1) is 11.9. The number of nitrogens with one attached hydrogen (secondary N) is 1. The third-order valence-corrected chi connectivity index (χ3v) is 3.60. The number of aromatic nitrogens is 1. The molecule has 4 nitrogen and oxygen atoms in total. The van der Waals surface area contributed by atoms with Crippen molar-refractivity contribution in [1.29, 1.82) is 0 Å². The summed E-state index contributed by atoms with van der Waals surface area (Å²) >= 11 is 0. The number of anilines is 1. The van der Waals surface area contributed by atoms with Crippen LogP contribution in [0.15, 0.2) is 16.9 Å². The molecule has 1 atom stereocenters. The molecule has 0 radical (unpaired) electrons. The smallest absolute Gasteiger partial charge is 0.252 e. The standard InChI is InChI=1S/C13H18N2O2/c1-8-5-9(6-11(16)15(8)4)14-12(17)10-7-13(10,2)3/h5-6,10H,7H2,1-4H3,(H,14,17)/t10-/m1/s1. The molecule has 1 amide bonds. The van der Waals surface area contributed by atoms with Gasteiger partial charge in [-0.1, -0.05) is 13.8 Å². The Balaban J connectivity index is 2.15. The molecule has 0 bridgehead atoms. The number of amides is 1. The predicted molar refractivity (Wildman–Crippen MR) is 66.9 cm³/mol. The Kier molecular flexibility index (Phi) is 2.60. The lowest BCUT2D eigenvalue weighted by atomic mass is 10.1. The van der Waals surface area contributed by atoms with Crippen LogP contribution in [0.3, 0.4) is 0 Å². The molecular formula is C13H18N2O2. The lowest BCUT2D eigenvalue weighted by Gasteiger charge is -2.09. The number of hydrogen-bond donors (Lipinski definition) is 1. The van der Waals surface area contributed by atoms with E-state index in [-0.39, 0.29) is 22.8 Å². The van der Waals surface area contributed by atoms with Crippen LogP contribution in [0, 0.1) is 18.3 Å². The minimum absolute atomic E-state index is 0.0163. The maximum atomic E-state index is 11.9. The summed E-state index contributed by atoms with van der Waals surface area (Å²) in [7, 11) is 1.72. The summed E-state index contributed by atoms with van der Waals surface area (Å²) in [5.41, 5.74) is 1.44. The van der Waals surface area contributed by atoms with Gasteiger partial charge in [-0.05, 0) is 24.8 Å². The zero-order valence-electron chi connectivity index (χ0n) is 10.7. The number of rotatable bonds is 2. The minimum atomic E-state index is -0.102. The summed E-state index contributed by atoms with van der Waals surface area (Å²) in [4.78, 5) is 23.4. The van der Waals surface area contributed by atoms with Crippen molar-refractivity contribution >= 4 is 11.6 Å². The van der Waals surface area contributed by atoms with E-state index in [4.69, 9.17) is 0 Å². The minimum Gasteiger partial charge on any atom is -0.326 e. The van der Waals surface area contributed by atoms with E-state index < -0.39 is 0 Å². The van der Waals surface area contributed by atoms with Gasteiger partial charge >= 0.3 is 0 Å². The second-order valence-electron chi connectivity index (χ2n) is 5.52. The van der Waals surface area contributed by atoms with Gasteiger partial charge in [-0.3, -0.25) is 9.59 Å². The van der Waals surface area contributed by atoms with E-state index in [0.29, 0.717) is 5.69 Å². The average Bonchev–Trinajstić information content (AvgIpc) is 2.84. The molecule has 0 unspecified atom stereocenters. The Labute approximate surface area is 101 Å². The van der Waals surface area contributed by atoms with Crippen LogP contribution in [0.1, 0.15) is 26.0 Å². The highest BCUT2D eigenvalue weighted by Crippen LogP contribution is 2.51. The third-order valence-electron chi connectivity index (χ3n) is 3.60. The number of nitrogens with zero attached hydrogens (tertiary/aromatic N) is 1. The summed E-state index contributed by atoms with van der Waals surface area (Å²) in [6, 6.07) is 3.27. The molecule has 1 aliphatic rings. The lowest BCUT2D eigenvalue weighted by molar-refractivity contribution is -0.117. The zero-order chi connectivity index (χ0) is 12.8. The molecular weight excluding hydrogens is 216 g/mol. The van der Waals surface area contributed by atoms with Gasteiger partial charge in [0.1, 0.15) is 0 Å². The normalized spacial score (nSPS) is 21.1. The zero-order valence-corrected chi connectivity index (χ0v) is 10.7. The number of carbonyl (C=O) groups excluding carboxylic acids is 1. The van der Waals surface area contributed by atoms with E-state index >= 15 is 0 Å². The van der Waals surface area contributed by atoms with Crippen molar-refractivity contribution in [3.63, 3.8) is 0 Å². The molecule has 0 aromatic carbocycles. The fourth-order valence-corrected chi connectivity index (χ4v) is 1.98. The summed E-state index contributed by atoms with van der Waals surface area (Å²) in [5.74, 6) is 0.0921. The Morgan fingerprint density at radius 3 is 2.53 bits per heavy atom. The SMILES string of the molecule is Cc1cc(NC(=O)[C@H]2CC2(C)C)cc(=O)n1C. The van der Waals surface area contributed by atoms with Gasteiger partial charge in [0.15, 0.2) is 0 Å². The van der Waals surface area contributed by atoms with Gasteiger partial charge in [0.25, 0.3) is 5.56 Å². The van der Waals surface area contributed by atoms with E-state index in [1.165, 1.54) is 6.07 Å². The largest absolute Gasteiger partial charge is 0.326 e. The predicted octanol–water partition coefficient (Wildman–Crippen LogP) is 1.68. The van der Waals surface area contributed by atoms with Crippen molar-refractivity contribution in [1.82, 2.24) is 4.57 Å². The molecule has 1 fully saturated rings. The van der Waals surface area contributed by atoms with E-state index in [1.807, 2.05) is 13.0 Å². The Bertz CT molecular complexity index is 529. The van der Waals surface area contributed by atoms with Crippen LogP contribution >= 0.6 is 0 Å². The highest BCUT2D eigenvalue weighted by molar-refractivity contribution is 5.94. The number of carbonyl (C=O) groups is 1. The van der Waals surface area contributed by atoms with Crippen LogP contribution in [0.2, 0.25) is 0 Å². The van der Waals surface area contributed by atoms with Gasteiger partial charge in [-0.15, -0.1) is 0 Å². The summed E-state index contributed by atoms with van der Waals surface area (Å²) < 4.78 is 1.55. The van der Waals surface area contributed by atoms with Gasteiger partial charge in [-0.25, -0.2) is 0 Å². The van der Waals surface area contributed by atoms with Gasteiger partial charge in [0.05, 0.1) is 0 Å². The first-order valence-corrected chi connectivity index (χ1v) is 5.80. The Hall–Kier alpha value is -1.58. The maximum Gasteiger partial charge on any atom is 0.252 e. The van der Waals surface area contributed by atoms with Gasteiger partial charge in [-0.2, -0.15) is 0 Å². The van der Waals surface area contributed by atoms with E-state index in [2.05, 4.69) is 19.2 Å². The van der Waals surface area contributed by atoms with E-state index in [9.17, 15) is 9.59 Å². The van der Waals surface area contributed by atoms with Crippen LogP contribution in [-0.4, -0.2) is 10.5 Å². The molecule has 1 heterocycles. The van der Waals surface area contributed by atoms with Gasteiger partial charge in [0, 0.05) is 30.4 Å². The molecule has 0 spiro atoms. The van der Waals surface area contributed by atoms with Crippen molar-refractivity contribution in [3.05, 3.63) is 28.2 Å². The maximum absolute atomic E-state index is 11.9. The summed E-state index contributed by atoms with van der Waals surface area (Å²) in [5, 5.41) is 2.82. The molecule has 1 aromatic heterocycles. The first-order valence-electron chi connectivity index (χ1n) is 5.80. The van der Waals surface area contributed by atoms with Gasteiger partial charge < -0.3 is 9.88 Å². The molecule has 0 aliphatic heterocycles. The van der Waals surface area contributed by atoms with Crippen molar-refractivity contribution in [2.24, 2.45) is 18.4 Å². The third kappa shape index (κ3) is 2.25. The Morgan fingerprint density at radius 1 is 1.47 bits per heavy atom. The second-order valence-corrected chi connectivity index (χ2v) is 5.52. The van der Waals surface area contributed by atoms with Gasteiger partial charge in [0.2, 0.25) is 5.91 Å². The van der Waals surface area contributed by atoms with Crippen molar-refractivity contribution < 1.29 is 4.79 Å². The number of pyridine rings is 1. The molecule has 0 saturated heterocycles. The lowest BCUT2D eigenvalue weighted by Crippen LogP contribution is -2.22. The fraction of sp³-hybridized carbons (Fsp3) is 0.538. The molecule has 1 aliphatic carbocycles. The first-order chi connectivity index (χ1) is 7.81. The molecule has 2 rings (SSSR count). The average molecular weight is 234 g/mol. The quantitative estimate of drug-likeness (QED) is 0.846. The summed E-state index contributed by atoms with van der Waals surface area (Å²) in [6.07, 6.45) is 0.919. The second kappa shape index (κ2) is 3.72. The number of hydrogen-bond acceptors (Lipinski definition) is 2. The highest BCUT2D eigenvalue weighted by atomic mass is 16.2. The molecule has 1 aromatic rings. The topological polar surface area (TPSA) is 51.1 Å². The highest BCUT2D eigenvalue weighted by Gasteiger charge is 2.50. The van der Waals surface area contributed by atoms with E-state index in [1.54, 1.807) is 11.6 Å². The molecule has 4 heteroatoms. The van der Waals surface area contributed by atoms with E-state index in [0.717, 1.165) is 12.1 Å². The molecule has 1 N–H and O–H groups in total. The fourth-order valence-electron chi connectivity index (χ4n) is 1.98.